The van der Waals surface area contributed by atoms with Crippen LogP contribution in [0.3, 0.4) is 0 Å². The van der Waals surface area contributed by atoms with E-state index >= 15 is 0 Å². The molecule has 0 aromatic carbocycles. The van der Waals surface area contributed by atoms with Gasteiger partial charge >= 0.3 is 6.18 Å². The summed E-state index contributed by atoms with van der Waals surface area (Å²) in [6.45, 7) is 0.893. The third-order valence-corrected chi connectivity index (χ3v) is 4.00. The Kier molecular flexibility index (Phi) is 5.35. The lowest BCUT2D eigenvalue weighted by Gasteiger charge is -2.24. The molecule has 3 heterocycles. The summed E-state index contributed by atoms with van der Waals surface area (Å²) in [7, 11) is 0. The fourth-order valence-corrected chi connectivity index (χ4v) is 2.75. The zero-order chi connectivity index (χ0) is 18.7. The first kappa shape index (κ1) is 18.5. The highest BCUT2D eigenvalue weighted by Crippen LogP contribution is 2.36. The first-order valence-corrected chi connectivity index (χ1v) is 8.05. The maximum Gasteiger partial charge on any atom is 0.419 e. The zero-order valence-corrected chi connectivity index (χ0v) is 13.6. The number of nitrogens with zero attached hydrogens (tertiary/aromatic N) is 4. The number of hydrogen-bond acceptors (Lipinski definition) is 5. The average Bonchev–Trinajstić information content (AvgIpc) is 3.02. The zero-order valence-electron chi connectivity index (χ0n) is 13.6. The van der Waals surface area contributed by atoms with Crippen LogP contribution in [0, 0.1) is 0 Å². The van der Waals surface area contributed by atoms with Crippen LogP contribution in [0.1, 0.15) is 18.4 Å². The fraction of sp³-hybridized carbons (Fsp3) is 0.533. The van der Waals surface area contributed by atoms with Gasteiger partial charge < -0.3 is 10.6 Å². The minimum absolute atomic E-state index is 0.00809. The van der Waals surface area contributed by atoms with Crippen LogP contribution in [0.5, 0.6) is 0 Å². The molecule has 6 nitrogen and oxygen atoms in total. The minimum Gasteiger partial charge on any atom is -0.351 e. The second-order valence-corrected chi connectivity index (χ2v) is 5.96. The normalized spacial score (nSPS) is 16.2. The third kappa shape index (κ3) is 4.45. The van der Waals surface area contributed by atoms with Crippen molar-refractivity contribution < 1.29 is 22.0 Å². The topological polar surface area (TPSA) is 67.7 Å². The molecule has 2 N–H and O–H groups in total. The molecule has 2 aromatic rings. The third-order valence-electron chi connectivity index (χ3n) is 4.00. The summed E-state index contributed by atoms with van der Waals surface area (Å²) in [5.74, 6) is 0.0708. The number of alkyl halides is 5. The number of rotatable bonds is 5. The van der Waals surface area contributed by atoms with Gasteiger partial charge in [0.25, 0.3) is 6.43 Å². The van der Waals surface area contributed by atoms with Gasteiger partial charge in [-0.3, -0.25) is 4.68 Å². The van der Waals surface area contributed by atoms with E-state index < -0.39 is 24.7 Å². The van der Waals surface area contributed by atoms with Gasteiger partial charge in [-0.05, 0) is 25.9 Å². The van der Waals surface area contributed by atoms with Crippen molar-refractivity contribution in [2.45, 2.75) is 38.0 Å². The molecule has 1 aliphatic rings. The molecule has 0 aliphatic carbocycles. The minimum atomic E-state index is -4.67. The lowest BCUT2D eigenvalue weighted by Crippen LogP contribution is -2.35. The summed E-state index contributed by atoms with van der Waals surface area (Å²) in [6, 6.07) is 0.0578. The van der Waals surface area contributed by atoms with Crippen LogP contribution >= 0.6 is 0 Å². The molecule has 142 valence electrons. The van der Waals surface area contributed by atoms with Crippen LogP contribution in [0.4, 0.5) is 27.9 Å². The summed E-state index contributed by atoms with van der Waals surface area (Å²) in [5, 5.41) is 9.90. The van der Waals surface area contributed by atoms with Gasteiger partial charge in [0, 0.05) is 24.0 Å². The second-order valence-electron chi connectivity index (χ2n) is 5.96. The predicted molar refractivity (Wildman–Crippen MR) is 83.8 cm³/mol. The van der Waals surface area contributed by atoms with Gasteiger partial charge in [0.1, 0.15) is 12.1 Å². The molecule has 1 aliphatic heterocycles. The molecule has 0 spiro atoms. The van der Waals surface area contributed by atoms with E-state index in [4.69, 9.17) is 0 Å². The van der Waals surface area contributed by atoms with Crippen LogP contribution in [0.2, 0.25) is 0 Å². The smallest absolute Gasteiger partial charge is 0.351 e. The number of anilines is 1. The number of hydrogen-bond donors (Lipinski definition) is 2. The van der Waals surface area contributed by atoms with Crippen LogP contribution in [0.15, 0.2) is 18.6 Å². The monoisotopic (exact) mass is 376 g/mol. The summed E-state index contributed by atoms with van der Waals surface area (Å²) in [6.07, 6.45) is -2.82. The van der Waals surface area contributed by atoms with Crippen LogP contribution in [-0.4, -0.2) is 45.3 Å². The number of piperidine rings is 1. The maximum atomic E-state index is 13.3. The Hall–Kier alpha value is -2.30. The highest BCUT2D eigenvalue weighted by molar-refractivity contribution is 5.63. The second kappa shape index (κ2) is 7.52. The molecule has 0 radical (unpaired) electrons. The van der Waals surface area contributed by atoms with Gasteiger partial charge in [-0.1, -0.05) is 0 Å². The lowest BCUT2D eigenvalue weighted by molar-refractivity contribution is -0.137. The molecule has 0 amide bonds. The number of aromatic nitrogens is 4. The molecular formula is C15H17F5N6. The van der Waals surface area contributed by atoms with E-state index in [0.717, 1.165) is 43.0 Å². The van der Waals surface area contributed by atoms with Crippen LogP contribution in [0.25, 0.3) is 11.3 Å². The van der Waals surface area contributed by atoms with Crippen molar-refractivity contribution in [2.24, 2.45) is 0 Å². The van der Waals surface area contributed by atoms with Crippen molar-refractivity contribution in [3.05, 3.63) is 24.2 Å². The highest BCUT2D eigenvalue weighted by Gasteiger charge is 2.36. The predicted octanol–water partition coefficient (Wildman–Crippen LogP) is 2.79. The van der Waals surface area contributed by atoms with E-state index in [1.165, 1.54) is 0 Å². The Morgan fingerprint density at radius 2 is 1.96 bits per heavy atom. The number of halogens is 5. The first-order chi connectivity index (χ1) is 12.3. The SMILES string of the molecule is FC(F)Cn1cc(-c2nc(NC3CCNCC3)ncc2C(F)(F)F)cn1. The molecule has 0 unspecified atom stereocenters. The van der Waals surface area contributed by atoms with Gasteiger partial charge in [-0.2, -0.15) is 18.3 Å². The van der Waals surface area contributed by atoms with Crippen molar-refractivity contribution in [3.63, 3.8) is 0 Å². The molecule has 26 heavy (non-hydrogen) atoms. The van der Waals surface area contributed by atoms with Crippen molar-refractivity contribution in [1.82, 2.24) is 25.1 Å². The molecule has 0 bridgehead atoms. The molecule has 3 rings (SSSR count). The number of nitrogens with one attached hydrogen (secondary N) is 2. The van der Waals surface area contributed by atoms with Gasteiger partial charge in [0.15, 0.2) is 0 Å². The average molecular weight is 376 g/mol. The lowest BCUT2D eigenvalue weighted by atomic mass is 10.1. The molecule has 0 saturated carbocycles. The van der Waals surface area contributed by atoms with Gasteiger partial charge in [-0.25, -0.2) is 18.7 Å². The van der Waals surface area contributed by atoms with E-state index in [0.29, 0.717) is 6.20 Å². The van der Waals surface area contributed by atoms with Crippen LogP contribution in [-0.2, 0) is 12.7 Å². The van der Waals surface area contributed by atoms with Gasteiger partial charge in [0.05, 0.1) is 11.9 Å². The molecule has 1 saturated heterocycles. The first-order valence-electron chi connectivity index (χ1n) is 8.05. The summed E-state index contributed by atoms with van der Waals surface area (Å²) in [4.78, 5) is 7.76. The standard InChI is InChI=1S/C15H17F5N6/c16-12(17)8-26-7-9(5-23-26)13-11(15(18,19)20)6-22-14(25-13)24-10-1-3-21-4-2-10/h5-7,10,12,21H,1-4,8H2,(H,22,24,25). The Morgan fingerprint density at radius 1 is 1.23 bits per heavy atom. The maximum absolute atomic E-state index is 13.3. The summed E-state index contributed by atoms with van der Waals surface area (Å²) < 4.78 is 65.6. The van der Waals surface area contributed by atoms with Gasteiger partial charge in [0.2, 0.25) is 5.95 Å². The summed E-state index contributed by atoms with van der Waals surface area (Å²) >= 11 is 0. The molecule has 2 aromatic heterocycles. The van der Waals surface area contributed by atoms with Crippen molar-refractivity contribution in [2.75, 3.05) is 18.4 Å². The van der Waals surface area contributed by atoms with Crippen molar-refractivity contribution in [3.8, 4) is 11.3 Å². The molecule has 11 heteroatoms. The highest BCUT2D eigenvalue weighted by atomic mass is 19.4. The molecular weight excluding hydrogens is 359 g/mol. The van der Waals surface area contributed by atoms with E-state index in [1.54, 1.807) is 0 Å². The van der Waals surface area contributed by atoms with Crippen molar-refractivity contribution in [1.29, 1.82) is 0 Å². The van der Waals surface area contributed by atoms with Crippen molar-refractivity contribution >= 4 is 5.95 Å². The van der Waals surface area contributed by atoms with E-state index in [1.807, 2.05) is 0 Å². The van der Waals surface area contributed by atoms with E-state index in [9.17, 15) is 22.0 Å². The largest absolute Gasteiger partial charge is 0.419 e. The Labute approximate surface area is 145 Å². The molecule has 1 fully saturated rings. The molecule has 0 atom stereocenters. The Balaban J connectivity index is 1.91. The summed E-state index contributed by atoms with van der Waals surface area (Å²) in [5.41, 5.74) is -1.41. The van der Waals surface area contributed by atoms with Crippen LogP contribution < -0.4 is 10.6 Å². The Bertz CT molecular complexity index is 738. The quantitative estimate of drug-likeness (QED) is 0.786. The van der Waals surface area contributed by atoms with Gasteiger partial charge in [-0.15, -0.1) is 0 Å². The van der Waals surface area contributed by atoms with E-state index in [-0.39, 0.29) is 23.2 Å². The Morgan fingerprint density at radius 3 is 2.62 bits per heavy atom. The van der Waals surface area contributed by atoms with E-state index in [2.05, 4.69) is 25.7 Å². The fourth-order valence-electron chi connectivity index (χ4n) is 2.75.